The molecule has 0 saturated heterocycles. The molecule has 0 aliphatic rings. The normalized spacial score (nSPS) is 12.0. The van der Waals surface area contributed by atoms with Gasteiger partial charge in [-0.2, -0.15) is 13.2 Å². The van der Waals surface area contributed by atoms with E-state index in [1.807, 2.05) is 0 Å². The molecule has 3 rings (SSSR count). The summed E-state index contributed by atoms with van der Waals surface area (Å²) in [5, 5.41) is 0.637. The summed E-state index contributed by atoms with van der Waals surface area (Å²) in [5.74, 6) is 0.710. The maximum atomic E-state index is 12.8. The highest BCUT2D eigenvalue weighted by Crippen LogP contribution is 2.32. The number of esters is 1. The fraction of sp³-hybridized carbons (Fsp3) is 0.240. The lowest BCUT2D eigenvalue weighted by molar-refractivity contribution is -0.149. The summed E-state index contributed by atoms with van der Waals surface area (Å²) in [6.45, 7) is 0.876. The van der Waals surface area contributed by atoms with Crippen molar-refractivity contribution >= 4 is 17.6 Å². The van der Waals surface area contributed by atoms with E-state index in [2.05, 4.69) is 0 Å². The van der Waals surface area contributed by atoms with E-state index in [1.165, 1.54) is 7.11 Å². The zero-order valence-corrected chi connectivity index (χ0v) is 18.9. The second kappa shape index (κ2) is 11.7. The molecule has 0 aliphatic carbocycles. The first-order valence-corrected chi connectivity index (χ1v) is 10.7. The Morgan fingerprint density at radius 1 is 0.824 bits per heavy atom. The number of carbonyl (C=O) groups excluding carboxylic acids is 1. The van der Waals surface area contributed by atoms with E-state index in [0.717, 1.165) is 30.0 Å². The maximum Gasteiger partial charge on any atom is 0.416 e. The van der Waals surface area contributed by atoms with Gasteiger partial charge in [0, 0.05) is 17.0 Å². The van der Waals surface area contributed by atoms with Crippen LogP contribution in [0.2, 0.25) is 5.02 Å². The van der Waals surface area contributed by atoms with Gasteiger partial charge in [-0.15, -0.1) is 0 Å². The van der Waals surface area contributed by atoms with Gasteiger partial charge in [0.2, 0.25) is 6.10 Å². The molecule has 0 aliphatic heterocycles. The lowest BCUT2D eigenvalue weighted by Crippen LogP contribution is -2.20. The molecule has 0 saturated carbocycles. The van der Waals surface area contributed by atoms with Crippen molar-refractivity contribution in [2.75, 3.05) is 20.3 Å². The van der Waals surface area contributed by atoms with Crippen LogP contribution in [-0.2, 0) is 15.7 Å². The molecule has 34 heavy (non-hydrogen) atoms. The first kappa shape index (κ1) is 25.2. The molecule has 3 aromatic rings. The zero-order valence-electron chi connectivity index (χ0n) is 18.2. The van der Waals surface area contributed by atoms with Gasteiger partial charge in [-0.05, 0) is 60.7 Å². The summed E-state index contributed by atoms with van der Waals surface area (Å²) < 4.78 is 59.9. The summed E-state index contributed by atoms with van der Waals surface area (Å²) in [6, 6.07) is 17.7. The van der Waals surface area contributed by atoms with Crippen LogP contribution >= 0.6 is 11.6 Å². The van der Waals surface area contributed by atoms with Crippen LogP contribution in [0.25, 0.3) is 0 Å². The Balaban J connectivity index is 1.54. The molecule has 0 radical (unpaired) electrons. The van der Waals surface area contributed by atoms with E-state index < -0.39 is 23.8 Å². The largest absolute Gasteiger partial charge is 0.493 e. The third kappa shape index (κ3) is 7.31. The predicted octanol–water partition coefficient (Wildman–Crippen LogP) is 6.50. The summed E-state index contributed by atoms with van der Waals surface area (Å²) in [6.07, 6.45) is -4.96. The predicted molar refractivity (Wildman–Crippen MR) is 120 cm³/mol. The van der Waals surface area contributed by atoms with E-state index in [0.29, 0.717) is 36.0 Å². The molecule has 180 valence electrons. The lowest BCUT2D eigenvalue weighted by Gasteiger charge is -2.18. The van der Waals surface area contributed by atoms with E-state index in [4.69, 9.17) is 30.5 Å². The lowest BCUT2D eigenvalue weighted by atomic mass is 10.1. The van der Waals surface area contributed by atoms with Crippen molar-refractivity contribution in [2.45, 2.75) is 18.7 Å². The SMILES string of the molecule is COC(=O)C(Oc1ccc(C(F)(F)F)cc1)c1ccc(OCCCOc2ccc(Cl)cc2)cc1. The van der Waals surface area contributed by atoms with Gasteiger partial charge in [0.25, 0.3) is 0 Å². The van der Waals surface area contributed by atoms with Gasteiger partial charge in [0.15, 0.2) is 0 Å². The van der Waals surface area contributed by atoms with Crippen molar-refractivity contribution in [2.24, 2.45) is 0 Å². The monoisotopic (exact) mass is 494 g/mol. The maximum absolute atomic E-state index is 12.8. The van der Waals surface area contributed by atoms with Crippen LogP contribution in [-0.4, -0.2) is 26.3 Å². The Morgan fingerprint density at radius 3 is 1.82 bits per heavy atom. The van der Waals surface area contributed by atoms with Gasteiger partial charge in [-0.25, -0.2) is 4.79 Å². The van der Waals surface area contributed by atoms with Crippen molar-refractivity contribution in [3.8, 4) is 17.2 Å². The topological polar surface area (TPSA) is 54.0 Å². The van der Waals surface area contributed by atoms with Gasteiger partial charge >= 0.3 is 12.1 Å². The minimum absolute atomic E-state index is 0.101. The minimum Gasteiger partial charge on any atom is -0.493 e. The van der Waals surface area contributed by atoms with Gasteiger partial charge in [0.05, 0.1) is 25.9 Å². The second-order valence-electron chi connectivity index (χ2n) is 7.12. The Bertz CT molecular complexity index is 1050. The highest BCUT2D eigenvalue weighted by atomic mass is 35.5. The summed E-state index contributed by atoms with van der Waals surface area (Å²) in [5.41, 5.74) is -0.347. The summed E-state index contributed by atoms with van der Waals surface area (Å²) in [7, 11) is 1.20. The number of benzene rings is 3. The Hall–Kier alpha value is -3.39. The number of methoxy groups -OCH3 is 1. The number of alkyl halides is 3. The van der Waals surface area contributed by atoms with E-state index in [1.54, 1.807) is 48.5 Å². The van der Waals surface area contributed by atoms with Gasteiger partial charge in [0.1, 0.15) is 17.2 Å². The quantitative estimate of drug-likeness (QED) is 0.238. The second-order valence-corrected chi connectivity index (χ2v) is 7.55. The fourth-order valence-electron chi connectivity index (χ4n) is 2.93. The number of rotatable bonds is 10. The van der Waals surface area contributed by atoms with Crippen LogP contribution in [0.4, 0.5) is 13.2 Å². The number of carbonyl (C=O) groups is 1. The molecule has 0 N–H and O–H groups in total. The fourth-order valence-corrected chi connectivity index (χ4v) is 3.05. The van der Waals surface area contributed by atoms with E-state index in [9.17, 15) is 18.0 Å². The van der Waals surface area contributed by atoms with E-state index >= 15 is 0 Å². The van der Waals surface area contributed by atoms with Crippen LogP contribution in [0.5, 0.6) is 17.2 Å². The van der Waals surface area contributed by atoms with Crippen molar-refractivity contribution in [3.63, 3.8) is 0 Å². The van der Waals surface area contributed by atoms with Crippen molar-refractivity contribution < 1.29 is 36.9 Å². The van der Waals surface area contributed by atoms with Crippen molar-refractivity contribution in [1.82, 2.24) is 0 Å². The van der Waals surface area contributed by atoms with Gasteiger partial charge < -0.3 is 18.9 Å². The van der Waals surface area contributed by atoms with E-state index in [-0.39, 0.29) is 5.75 Å². The molecule has 0 amide bonds. The molecule has 3 aromatic carbocycles. The van der Waals surface area contributed by atoms with Crippen LogP contribution in [0.15, 0.2) is 72.8 Å². The highest BCUT2D eigenvalue weighted by molar-refractivity contribution is 6.30. The molecule has 0 heterocycles. The number of halogens is 4. The average molecular weight is 495 g/mol. The molecule has 5 nitrogen and oxygen atoms in total. The van der Waals surface area contributed by atoms with Crippen LogP contribution in [0, 0.1) is 0 Å². The number of ether oxygens (including phenoxy) is 4. The van der Waals surface area contributed by atoms with Crippen LogP contribution in [0.1, 0.15) is 23.7 Å². The number of hydrogen-bond acceptors (Lipinski definition) is 5. The smallest absolute Gasteiger partial charge is 0.416 e. The first-order chi connectivity index (χ1) is 16.3. The minimum atomic E-state index is -4.46. The molecule has 0 fully saturated rings. The number of hydrogen-bond donors (Lipinski definition) is 0. The molecule has 0 bridgehead atoms. The Morgan fingerprint density at radius 2 is 1.32 bits per heavy atom. The molecular formula is C25H22ClF3O5. The van der Waals surface area contributed by atoms with Gasteiger partial charge in [-0.3, -0.25) is 0 Å². The molecule has 0 aromatic heterocycles. The average Bonchev–Trinajstić information content (AvgIpc) is 2.83. The van der Waals surface area contributed by atoms with Gasteiger partial charge in [-0.1, -0.05) is 23.7 Å². The van der Waals surface area contributed by atoms with Crippen LogP contribution < -0.4 is 14.2 Å². The molecular weight excluding hydrogens is 473 g/mol. The third-order valence-corrected chi connectivity index (χ3v) is 4.93. The summed E-state index contributed by atoms with van der Waals surface area (Å²) >= 11 is 5.83. The third-order valence-electron chi connectivity index (χ3n) is 4.67. The summed E-state index contributed by atoms with van der Waals surface area (Å²) in [4.78, 5) is 12.2. The van der Waals surface area contributed by atoms with Crippen LogP contribution in [0.3, 0.4) is 0 Å². The Labute approximate surface area is 200 Å². The van der Waals surface area contributed by atoms with Crippen molar-refractivity contribution in [3.05, 3.63) is 88.9 Å². The first-order valence-electron chi connectivity index (χ1n) is 10.3. The molecule has 9 heteroatoms. The van der Waals surface area contributed by atoms with Crippen molar-refractivity contribution in [1.29, 1.82) is 0 Å². The zero-order chi connectivity index (χ0) is 24.6. The standard InChI is InChI=1S/C25H22ClF3O5/c1-31-24(30)23(34-22-11-5-18(6-12-22)25(27,28)29)17-3-9-20(10-4-17)32-15-2-16-33-21-13-7-19(26)8-14-21/h3-14,23H,2,15-16H2,1H3. The highest BCUT2D eigenvalue weighted by Gasteiger charge is 2.30. The molecule has 1 atom stereocenters. The Kier molecular flexibility index (Phi) is 8.65. The molecule has 1 unspecified atom stereocenters. The molecule has 0 spiro atoms.